The van der Waals surface area contributed by atoms with Crippen molar-refractivity contribution in [2.75, 3.05) is 10.6 Å². The van der Waals surface area contributed by atoms with Gasteiger partial charge in [-0.25, -0.2) is 4.39 Å². The van der Waals surface area contributed by atoms with E-state index in [1.54, 1.807) is 17.0 Å². The van der Waals surface area contributed by atoms with Gasteiger partial charge in [0.1, 0.15) is 5.82 Å². The zero-order valence-electron chi connectivity index (χ0n) is 10.3. The molecular weight excluding hydrogens is 243 g/mol. The fourth-order valence-corrected chi connectivity index (χ4v) is 2.39. The third-order valence-electron chi connectivity index (χ3n) is 3.27. The van der Waals surface area contributed by atoms with Crippen molar-refractivity contribution in [2.24, 2.45) is 0 Å². The molecule has 0 spiro atoms. The number of nitrogen functional groups attached to an aromatic ring is 1. The number of carbonyl (C=O) groups excluding carboxylic acids is 1. The summed E-state index contributed by atoms with van der Waals surface area (Å²) in [6.45, 7) is 0.382. The van der Waals surface area contributed by atoms with E-state index in [0.717, 1.165) is 16.8 Å². The fourth-order valence-electron chi connectivity index (χ4n) is 2.39. The Labute approximate surface area is 110 Å². The van der Waals surface area contributed by atoms with E-state index in [1.165, 1.54) is 12.1 Å². The first kappa shape index (κ1) is 11.7. The third-order valence-corrected chi connectivity index (χ3v) is 3.27. The number of amides is 1. The second-order valence-corrected chi connectivity index (χ2v) is 4.67. The Bertz CT molecular complexity index is 654. The van der Waals surface area contributed by atoms with Crippen LogP contribution in [0, 0.1) is 5.82 Å². The first-order valence-electron chi connectivity index (χ1n) is 6.07. The molecule has 0 unspecified atom stereocenters. The van der Waals surface area contributed by atoms with Gasteiger partial charge in [0.05, 0.1) is 13.0 Å². The number of benzene rings is 2. The quantitative estimate of drug-likeness (QED) is 0.839. The Hall–Kier alpha value is -2.36. The maximum Gasteiger partial charge on any atom is 0.231 e. The first-order valence-corrected chi connectivity index (χ1v) is 6.07. The van der Waals surface area contributed by atoms with Crippen LogP contribution in [0.1, 0.15) is 11.1 Å². The lowest BCUT2D eigenvalue weighted by atomic mass is 10.1. The summed E-state index contributed by atoms with van der Waals surface area (Å²) in [5, 5.41) is 0. The van der Waals surface area contributed by atoms with Crippen LogP contribution < -0.4 is 10.6 Å². The average Bonchev–Trinajstić information content (AvgIpc) is 2.65. The van der Waals surface area contributed by atoms with Crippen LogP contribution in [0.15, 0.2) is 42.5 Å². The molecule has 0 radical (unpaired) electrons. The van der Waals surface area contributed by atoms with Gasteiger partial charge in [0.15, 0.2) is 0 Å². The fraction of sp³-hybridized carbons (Fsp3) is 0.133. The molecule has 3 nitrogen and oxygen atoms in total. The predicted octanol–water partition coefficient (Wildman–Crippen LogP) is 2.50. The molecule has 0 atom stereocenters. The normalized spacial score (nSPS) is 13.7. The van der Waals surface area contributed by atoms with Gasteiger partial charge in [-0.05, 0) is 41.5 Å². The SMILES string of the molecule is Nc1ccc2c(c1)CC(=O)N2Cc1cccc(F)c1. The second-order valence-electron chi connectivity index (χ2n) is 4.67. The summed E-state index contributed by atoms with van der Waals surface area (Å²) in [6, 6.07) is 11.7. The molecule has 0 bridgehead atoms. The zero-order chi connectivity index (χ0) is 13.4. The van der Waals surface area contributed by atoms with Gasteiger partial charge in [0.25, 0.3) is 0 Å². The Morgan fingerprint density at radius 1 is 1.21 bits per heavy atom. The largest absolute Gasteiger partial charge is 0.399 e. The molecule has 19 heavy (non-hydrogen) atoms. The van der Waals surface area contributed by atoms with Gasteiger partial charge in [-0.3, -0.25) is 4.79 Å². The molecule has 1 aliphatic rings. The minimum atomic E-state index is -0.290. The van der Waals surface area contributed by atoms with Crippen LogP contribution in [0.2, 0.25) is 0 Å². The van der Waals surface area contributed by atoms with Crippen molar-refractivity contribution in [1.82, 2.24) is 0 Å². The number of hydrogen-bond donors (Lipinski definition) is 1. The van der Waals surface area contributed by atoms with Crippen LogP contribution in [-0.4, -0.2) is 5.91 Å². The number of nitrogens with two attached hydrogens (primary N) is 1. The summed E-state index contributed by atoms with van der Waals surface area (Å²) in [4.78, 5) is 13.7. The van der Waals surface area contributed by atoms with E-state index in [4.69, 9.17) is 5.73 Å². The van der Waals surface area contributed by atoms with Gasteiger partial charge in [-0.15, -0.1) is 0 Å². The molecule has 3 rings (SSSR count). The van der Waals surface area contributed by atoms with Gasteiger partial charge in [0.2, 0.25) is 5.91 Å². The van der Waals surface area contributed by atoms with Crippen molar-refractivity contribution in [3.63, 3.8) is 0 Å². The van der Waals surface area contributed by atoms with Crippen LogP contribution in [-0.2, 0) is 17.8 Å². The van der Waals surface area contributed by atoms with Gasteiger partial charge in [-0.2, -0.15) is 0 Å². The Morgan fingerprint density at radius 3 is 2.84 bits per heavy atom. The van der Waals surface area contributed by atoms with Crippen molar-refractivity contribution in [3.8, 4) is 0 Å². The zero-order valence-corrected chi connectivity index (χ0v) is 10.3. The smallest absolute Gasteiger partial charge is 0.231 e. The van der Waals surface area contributed by atoms with Crippen molar-refractivity contribution in [1.29, 1.82) is 0 Å². The molecule has 0 saturated heterocycles. The number of anilines is 2. The van der Waals surface area contributed by atoms with Crippen LogP contribution in [0.4, 0.5) is 15.8 Å². The predicted molar refractivity (Wildman–Crippen MR) is 72.1 cm³/mol. The first-order chi connectivity index (χ1) is 9.13. The number of nitrogens with zero attached hydrogens (tertiary/aromatic N) is 1. The molecule has 0 saturated carbocycles. The topological polar surface area (TPSA) is 46.3 Å². The van der Waals surface area contributed by atoms with Crippen LogP contribution in [0.5, 0.6) is 0 Å². The number of carbonyl (C=O) groups is 1. The maximum absolute atomic E-state index is 13.2. The van der Waals surface area contributed by atoms with E-state index in [0.29, 0.717) is 18.7 Å². The summed E-state index contributed by atoms with van der Waals surface area (Å²) in [5.74, 6) is -0.272. The van der Waals surface area contributed by atoms with Crippen molar-refractivity contribution in [3.05, 3.63) is 59.4 Å². The lowest BCUT2D eigenvalue weighted by molar-refractivity contribution is -0.117. The van der Waals surface area contributed by atoms with Gasteiger partial charge in [-0.1, -0.05) is 12.1 Å². The number of hydrogen-bond acceptors (Lipinski definition) is 2. The van der Waals surface area contributed by atoms with E-state index >= 15 is 0 Å². The highest BCUT2D eigenvalue weighted by Crippen LogP contribution is 2.31. The van der Waals surface area contributed by atoms with Gasteiger partial charge >= 0.3 is 0 Å². The van der Waals surface area contributed by atoms with Crippen LogP contribution in [0.3, 0.4) is 0 Å². The summed E-state index contributed by atoms with van der Waals surface area (Å²) >= 11 is 0. The molecule has 4 heteroatoms. The molecule has 1 heterocycles. The summed E-state index contributed by atoms with van der Waals surface area (Å²) < 4.78 is 13.2. The minimum Gasteiger partial charge on any atom is -0.399 e. The Balaban J connectivity index is 1.92. The second kappa shape index (κ2) is 4.39. The Morgan fingerprint density at radius 2 is 2.05 bits per heavy atom. The van der Waals surface area contributed by atoms with E-state index in [-0.39, 0.29) is 11.7 Å². The van der Waals surface area contributed by atoms with E-state index in [2.05, 4.69) is 0 Å². The molecule has 2 N–H and O–H groups in total. The van der Waals surface area contributed by atoms with E-state index in [9.17, 15) is 9.18 Å². The average molecular weight is 256 g/mol. The molecule has 0 aromatic heterocycles. The van der Waals surface area contributed by atoms with Crippen molar-refractivity contribution in [2.45, 2.75) is 13.0 Å². The van der Waals surface area contributed by atoms with E-state index < -0.39 is 0 Å². The molecule has 96 valence electrons. The maximum atomic E-state index is 13.2. The summed E-state index contributed by atoms with van der Waals surface area (Å²) in [5.41, 5.74) is 8.94. The molecule has 1 amide bonds. The molecule has 1 aliphatic heterocycles. The summed E-state index contributed by atoms with van der Waals surface area (Å²) in [6.07, 6.45) is 0.357. The summed E-state index contributed by atoms with van der Waals surface area (Å²) in [7, 11) is 0. The lowest BCUT2D eigenvalue weighted by Gasteiger charge is -2.17. The highest BCUT2D eigenvalue weighted by atomic mass is 19.1. The molecular formula is C15H13FN2O. The van der Waals surface area contributed by atoms with Gasteiger partial charge < -0.3 is 10.6 Å². The minimum absolute atomic E-state index is 0.0184. The Kier molecular flexibility index (Phi) is 2.71. The molecule has 0 aliphatic carbocycles. The molecule has 2 aromatic rings. The molecule has 0 fully saturated rings. The highest BCUT2D eigenvalue weighted by molar-refractivity contribution is 6.01. The highest BCUT2D eigenvalue weighted by Gasteiger charge is 2.27. The van der Waals surface area contributed by atoms with Crippen molar-refractivity contribution >= 4 is 17.3 Å². The lowest BCUT2D eigenvalue weighted by Crippen LogP contribution is -2.26. The third kappa shape index (κ3) is 2.17. The van der Waals surface area contributed by atoms with Crippen molar-refractivity contribution < 1.29 is 9.18 Å². The van der Waals surface area contributed by atoms with Gasteiger partial charge in [0, 0.05) is 11.4 Å². The van der Waals surface area contributed by atoms with Crippen LogP contribution >= 0.6 is 0 Å². The number of fused-ring (bicyclic) bond motifs is 1. The number of halogens is 1. The molecule has 2 aromatic carbocycles. The van der Waals surface area contributed by atoms with Crippen LogP contribution in [0.25, 0.3) is 0 Å². The van der Waals surface area contributed by atoms with E-state index in [1.807, 2.05) is 18.2 Å². The number of rotatable bonds is 2. The monoisotopic (exact) mass is 256 g/mol. The standard InChI is InChI=1S/C15H13FN2O/c16-12-3-1-2-10(6-12)9-18-14-5-4-13(17)7-11(14)8-15(18)19/h1-7H,8-9,17H2.